The maximum atomic E-state index is 5.83. The van der Waals surface area contributed by atoms with E-state index in [9.17, 15) is 0 Å². The molecule has 33 heavy (non-hydrogen) atoms. The topological polar surface area (TPSA) is 24.9 Å². The van der Waals surface area contributed by atoms with E-state index in [1.54, 1.807) is 7.11 Å². The summed E-state index contributed by atoms with van der Waals surface area (Å²) >= 11 is 0. The third-order valence-corrected chi connectivity index (χ3v) is 8.25. The van der Waals surface area contributed by atoms with Gasteiger partial charge in [-0.1, -0.05) is 56.0 Å². The van der Waals surface area contributed by atoms with Crippen LogP contribution in [0.2, 0.25) is 0 Å². The van der Waals surface area contributed by atoms with Gasteiger partial charge in [-0.3, -0.25) is 4.90 Å². The maximum absolute atomic E-state index is 5.83. The zero-order chi connectivity index (χ0) is 22.5. The van der Waals surface area contributed by atoms with Crippen molar-refractivity contribution in [3.63, 3.8) is 0 Å². The highest BCUT2D eigenvalue weighted by atomic mass is 16.5. The third kappa shape index (κ3) is 5.32. The highest BCUT2D eigenvalue weighted by Gasteiger charge is 2.32. The van der Waals surface area contributed by atoms with E-state index in [0.717, 1.165) is 50.7 Å². The molecule has 3 aliphatic rings. The quantitative estimate of drug-likeness (QED) is 0.505. The van der Waals surface area contributed by atoms with Crippen molar-refractivity contribution < 1.29 is 9.47 Å². The molecule has 1 aliphatic carbocycles. The first kappa shape index (κ1) is 22.6. The molecule has 0 N–H and O–H groups in total. The largest absolute Gasteiger partial charge is 0.495 e. The second-order valence-corrected chi connectivity index (χ2v) is 10.4. The van der Waals surface area contributed by atoms with Crippen molar-refractivity contribution in [3.05, 3.63) is 53.6 Å². The van der Waals surface area contributed by atoms with Crippen LogP contribution in [0.1, 0.15) is 56.1 Å². The zero-order valence-corrected chi connectivity index (χ0v) is 20.4. The fourth-order valence-corrected chi connectivity index (χ4v) is 6.23. The molecule has 1 saturated carbocycles. The second kappa shape index (κ2) is 10.4. The van der Waals surface area contributed by atoms with Gasteiger partial charge in [-0.25, -0.2) is 0 Å². The van der Waals surface area contributed by atoms with Gasteiger partial charge in [0.25, 0.3) is 0 Å². The van der Waals surface area contributed by atoms with Crippen LogP contribution in [0.4, 0.5) is 5.69 Å². The number of hydrogen-bond donors (Lipinski definition) is 0. The molecule has 1 saturated heterocycles. The number of hydrogen-bond acceptors (Lipinski definition) is 4. The fourth-order valence-electron chi connectivity index (χ4n) is 6.23. The molecule has 2 aromatic rings. The van der Waals surface area contributed by atoms with E-state index >= 15 is 0 Å². The van der Waals surface area contributed by atoms with E-state index in [-0.39, 0.29) is 0 Å². The molecule has 5 rings (SSSR count). The van der Waals surface area contributed by atoms with E-state index < -0.39 is 0 Å². The molecule has 0 unspecified atom stereocenters. The van der Waals surface area contributed by atoms with Crippen LogP contribution in [0.3, 0.4) is 0 Å². The predicted molar refractivity (Wildman–Crippen MR) is 136 cm³/mol. The fraction of sp³-hybridized carbons (Fsp3) is 0.586. The van der Waals surface area contributed by atoms with Crippen molar-refractivity contribution in [3.8, 4) is 11.5 Å². The zero-order valence-electron chi connectivity index (χ0n) is 20.4. The van der Waals surface area contributed by atoms with Crippen molar-refractivity contribution in [2.24, 2.45) is 5.41 Å². The van der Waals surface area contributed by atoms with Gasteiger partial charge in [0.1, 0.15) is 11.5 Å². The van der Waals surface area contributed by atoms with E-state index in [1.807, 2.05) is 0 Å². The number of rotatable bonds is 7. The van der Waals surface area contributed by atoms with Crippen molar-refractivity contribution in [2.45, 2.75) is 57.8 Å². The van der Waals surface area contributed by atoms with Crippen molar-refractivity contribution in [2.75, 3.05) is 51.3 Å². The van der Waals surface area contributed by atoms with E-state index in [0.29, 0.717) is 5.41 Å². The Kier molecular flexibility index (Phi) is 7.10. The Balaban J connectivity index is 1.20. The minimum Gasteiger partial charge on any atom is -0.495 e. The Morgan fingerprint density at radius 3 is 2.42 bits per heavy atom. The molecule has 0 amide bonds. The van der Waals surface area contributed by atoms with Crippen LogP contribution in [0.15, 0.2) is 42.5 Å². The Hall–Kier alpha value is -2.20. The summed E-state index contributed by atoms with van der Waals surface area (Å²) in [6.45, 7) is 6.39. The Bertz CT molecular complexity index is 897. The van der Waals surface area contributed by atoms with E-state index in [1.165, 1.54) is 74.7 Å². The van der Waals surface area contributed by atoms with E-state index in [4.69, 9.17) is 9.47 Å². The van der Waals surface area contributed by atoms with Gasteiger partial charge in [0.15, 0.2) is 0 Å². The summed E-state index contributed by atoms with van der Waals surface area (Å²) < 4.78 is 11.6. The molecule has 4 heteroatoms. The monoisotopic (exact) mass is 448 g/mol. The highest BCUT2D eigenvalue weighted by molar-refractivity contribution is 5.65. The lowest BCUT2D eigenvalue weighted by Crippen LogP contribution is -2.47. The van der Waals surface area contributed by atoms with Gasteiger partial charge in [0, 0.05) is 44.2 Å². The van der Waals surface area contributed by atoms with Crippen molar-refractivity contribution >= 4 is 5.69 Å². The highest BCUT2D eigenvalue weighted by Crippen LogP contribution is 2.42. The normalized spacial score (nSPS) is 20.7. The smallest absolute Gasteiger partial charge is 0.142 e. The lowest BCUT2D eigenvalue weighted by molar-refractivity contribution is 0.163. The number of anilines is 1. The Morgan fingerprint density at radius 1 is 0.939 bits per heavy atom. The molecule has 0 spiro atoms. The van der Waals surface area contributed by atoms with Gasteiger partial charge in [0.2, 0.25) is 0 Å². The lowest BCUT2D eigenvalue weighted by atomic mass is 9.72. The van der Waals surface area contributed by atoms with Gasteiger partial charge >= 0.3 is 0 Å². The standard InChI is InChI=1S/C29H40N2O2/c1-32-28-21-25-11-20-33-27(25)22-26(28)31-18-16-30(17-19-31)15-14-29(12-7-2-3-8-13-29)23-24-9-5-4-6-10-24/h4-6,9-10,21-22H,2-3,7-8,11-20,23H2,1H3. The molecule has 0 aromatic heterocycles. The lowest BCUT2D eigenvalue weighted by Gasteiger charge is -2.40. The second-order valence-electron chi connectivity index (χ2n) is 10.4. The van der Waals surface area contributed by atoms with Crippen LogP contribution in [0.25, 0.3) is 0 Å². The van der Waals surface area contributed by atoms with Crippen LogP contribution in [0.5, 0.6) is 11.5 Å². The van der Waals surface area contributed by atoms with Crippen LogP contribution < -0.4 is 14.4 Å². The van der Waals surface area contributed by atoms with Crippen LogP contribution in [-0.2, 0) is 12.8 Å². The number of nitrogens with zero attached hydrogens (tertiary/aromatic N) is 2. The van der Waals surface area contributed by atoms with Gasteiger partial charge < -0.3 is 14.4 Å². The molecule has 2 fully saturated rings. The summed E-state index contributed by atoms with van der Waals surface area (Å²) in [5.41, 5.74) is 4.48. The minimum atomic E-state index is 0.482. The molecule has 178 valence electrons. The molecule has 2 aliphatic heterocycles. The van der Waals surface area contributed by atoms with Gasteiger partial charge in [0.05, 0.1) is 19.4 Å². The summed E-state index contributed by atoms with van der Waals surface area (Å²) in [4.78, 5) is 5.19. The number of benzene rings is 2. The molecule has 2 aromatic carbocycles. The third-order valence-electron chi connectivity index (χ3n) is 8.25. The molecule has 0 radical (unpaired) electrons. The number of fused-ring (bicyclic) bond motifs is 1. The number of methoxy groups -OCH3 is 1. The molecule has 0 bridgehead atoms. The Labute approximate surface area is 199 Å². The van der Waals surface area contributed by atoms with Crippen molar-refractivity contribution in [1.82, 2.24) is 4.90 Å². The van der Waals surface area contributed by atoms with Gasteiger partial charge in [-0.2, -0.15) is 0 Å². The van der Waals surface area contributed by atoms with Crippen LogP contribution in [-0.4, -0.2) is 51.3 Å². The van der Waals surface area contributed by atoms with Gasteiger partial charge in [-0.05, 0) is 49.3 Å². The molecular formula is C29H40N2O2. The molecule has 0 atom stereocenters. The van der Waals surface area contributed by atoms with Crippen molar-refractivity contribution in [1.29, 1.82) is 0 Å². The maximum Gasteiger partial charge on any atom is 0.142 e. The van der Waals surface area contributed by atoms with E-state index in [2.05, 4.69) is 52.3 Å². The summed E-state index contributed by atoms with van der Waals surface area (Å²) in [5.74, 6) is 2.04. The predicted octanol–water partition coefficient (Wildman–Crippen LogP) is 5.73. The average Bonchev–Trinajstić information content (AvgIpc) is 3.20. The molecule has 2 heterocycles. The minimum absolute atomic E-state index is 0.482. The first-order valence-electron chi connectivity index (χ1n) is 13.1. The summed E-state index contributed by atoms with van der Waals surface area (Å²) in [6.07, 6.45) is 12.0. The summed E-state index contributed by atoms with van der Waals surface area (Å²) in [6, 6.07) is 15.6. The van der Waals surface area contributed by atoms with Crippen LogP contribution in [0, 0.1) is 5.41 Å². The first-order valence-corrected chi connectivity index (χ1v) is 13.1. The van der Waals surface area contributed by atoms with Crippen LogP contribution >= 0.6 is 0 Å². The van der Waals surface area contributed by atoms with Gasteiger partial charge in [-0.15, -0.1) is 0 Å². The summed E-state index contributed by atoms with van der Waals surface area (Å²) in [7, 11) is 1.79. The number of piperazine rings is 1. The molecular weight excluding hydrogens is 408 g/mol. The number of ether oxygens (including phenoxy) is 2. The average molecular weight is 449 g/mol. The Morgan fingerprint density at radius 2 is 1.70 bits per heavy atom. The first-order chi connectivity index (χ1) is 16.2. The SMILES string of the molecule is COc1cc2c(cc1N1CCN(CCC3(Cc4ccccc4)CCCCCC3)CC1)OCC2. The molecule has 4 nitrogen and oxygen atoms in total. The summed E-state index contributed by atoms with van der Waals surface area (Å²) in [5, 5.41) is 0.